The van der Waals surface area contributed by atoms with Crippen LogP contribution in [0.1, 0.15) is 264 Å². The van der Waals surface area contributed by atoms with Crippen molar-refractivity contribution in [2.24, 2.45) is 0 Å². The standard InChI is InChI=1S/C55H107NO10/c1-3-5-7-9-11-13-15-16-17-18-19-20-21-22-23-24-25-26-27-28-29-30-31-32-33-35-36-38-40-42-47(58)50(60)46(45-65-55-53(63)52(62)51(61)49(44-57)66-55)56-54(64)48(59)43-41-39-37-34-14-12-10-8-6-4-2/h35-36,46-53,55,57-63H,3-34,37-45H2,1-2H3,(H,56,64)/b36-35+. The third-order valence-electron chi connectivity index (χ3n) is 13.8. The van der Waals surface area contributed by atoms with Crippen LogP contribution in [-0.4, -0.2) is 110 Å². The Labute approximate surface area is 404 Å². The maximum absolute atomic E-state index is 13.1. The second-order valence-corrected chi connectivity index (χ2v) is 20.0. The molecule has 1 fully saturated rings. The topological polar surface area (TPSA) is 189 Å². The number of unbranched alkanes of at least 4 members (excludes halogenated alkanes) is 34. The molecule has 392 valence electrons. The van der Waals surface area contributed by atoms with Crippen molar-refractivity contribution in [3.63, 3.8) is 0 Å². The molecule has 11 heteroatoms. The Morgan fingerprint density at radius 2 is 0.894 bits per heavy atom. The highest BCUT2D eigenvalue weighted by molar-refractivity contribution is 5.80. The largest absolute Gasteiger partial charge is 0.394 e. The molecule has 1 rings (SSSR count). The summed E-state index contributed by atoms with van der Waals surface area (Å²) in [5, 5.41) is 75.8. The van der Waals surface area contributed by atoms with Crippen LogP contribution < -0.4 is 5.32 Å². The first-order valence-electron chi connectivity index (χ1n) is 28.1. The molecule has 0 spiro atoms. The summed E-state index contributed by atoms with van der Waals surface area (Å²) in [5.41, 5.74) is 0. The van der Waals surface area contributed by atoms with Gasteiger partial charge in [0.2, 0.25) is 5.91 Å². The molecular weight excluding hydrogens is 835 g/mol. The summed E-state index contributed by atoms with van der Waals surface area (Å²) in [7, 11) is 0. The molecule has 0 aromatic carbocycles. The van der Waals surface area contributed by atoms with Crippen LogP contribution in [-0.2, 0) is 14.3 Å². The number of nitrogens with one attached hydrogen (secondary N) is 1. The molecule has 66 heavy (non-hydrogen) atoms. The Hall–Kier alpha value is -1.15. The maximum Gasteiger partial charge on any atom is 0.249 e. The number of carbonyl (C=O) groups is 1. The number of carbonyl (C=O) groups excluding carboxylic acids is 1. The van der Waals surface area contributed by atoms with E-state index in [-0.39, 0.29) is 12.8 Å². The molecule has 1 aliphatic heterocycles. The number of ether oxygens (including phenoxy) is 2. The van der Waals surface area contributed by atoms with Gasteiger partial charge in [0.05, 0.1) is 25.4 Å². The van der Waals surface area contributed by atoms with E-state index in [0.717, 1.165) is 38.5 Å². The predicted molar refractivity (Wildman–Crippen MR) is 270 cm³/mol. The number of allylic oxidation sites excluding steroid dienone is 2. The second-order valence-electron chi connectivity index (χ2n) is 20.0. The van der Waals surface area contributed by atoms with E-state index >= 15 is 0 Å². The van der Waals surface area contributed by atoms with Gasteiger partial charge in [-0.15, -0.1) is 0 Å². The van der Waals surface area contributed by atoms with Crippen molar-refractivity contribution in [1.29, 1.82) is 0 Å². The molecule has 11 nitrogen and oxygen atoms in total. The minimum Gasteiger partial charge on any atom is -0.394 e. The van der Waals surface area contributed by atoms with E-state index in [1.165, 1.54) is 186 Å². The fourth-order valence-corrected chi connectivity index (χ4v) is 9.21. The molecule has 0 aromatic rings. The quantitative estimate of drug-likeness (QED) is 0.0215. The summed E-state index contributed by atoms with van der Waals surface area (Å²) in [6.45, 7) is 3.43. The van der Waals surface area contributed by atoms with Crippen LogP contribution in [0.2, 0.25) is 0 Å². The molecular formula is C55H107NO10. The summed E-state index contributed by atoms with van der Waals surface area (Å²) in [4.78, 5) is 13.1. The van der Waals surface area contributed by atoms with Gasteiger partial charge in [-0.1, -0.05) is 238 Å². The Kier molecular flexibility index (Phi) is 42.9. The zero-order chi connectivity index (χ0) is 48.3. The summed E-state index contributed by atoms with van der Waals surface area (Å²) < 4.78 is 11.1. The molecule has 1 saturated heterocycles. The van der Waals surface area contributed by atoms with Crippen LogP contribution in [0, 0.1) is 0 Å². The van der Waals surface area contributed by atoms with E-state index in [4.69, 9.17) is 9.47 Å². The SMILES string of the molecule is CCCCCCCCCCCCCCCCCCCCCCCCCC/C=C/CCCC(O)C(O)C(COC1OC(CO)C(O)C(O)C1O)NC(=O)C(O)CCCCCCCCCCCC. The van der Waals surface area contributed by atoms with Gasteiger partial charge in [-0.05, 0) is 38.5 Å². The molecule has 0 radical (unpaired) electrons. The number of hydrogen-bond acceptors (Lipinski definition) is 10. The number of rotatable bonds is 48. The van der Waals surface area contributed by atoms with Gasteiger partial charge in [-0.3, -0.25) is 4.79 Å². The van der Waals surface area contributed by atoms with Gasteiger partial charge in [0, 0.05) is 0 Å². The van der Waals surface area contributed by atoms with E-state index in [9.17, 15) is 40.5 Å². The third kappa shape index (κ3) is 33.4. The van der Waals surface area contributed by atoms with Gasteiger partial charge >= 0.3 is 0 Å². The molecule has 0 saturated carbocycles. The molecule has 8 N–H and O–H groups in total. The van der Waals surface area contributed by atoms with Crippen molar-refractivity contribution in [1.82, 2.24) is 5.32 Å². The van der Waals surface area contributed by atoms with Gasteiger partial charge in [-0.2, -0.15) is 0 Å². The lowest BCUT2D eigenvalue weighted by molar-refractivity contribution is -0.303. The van der Waals surface area contributed by atoms with Crippen molar-refractivity contribution in [3.05, 3.63) is 12.2 Å². The fraction of sp³-hybridized carbons (Fsp3) is 0.945. The average molecular weight is 942 g/mol. The van der Waals surface area contributed by atoms with Crippen molar-refractivity contribution >= 4 is 5.91 Å². The van der Waals surface area contributed by atoms with Gasteiger partial charge < -0.3 is 50.5 Å². The van der Waals surface area contributed by atoms with E-state index in [1.807, 2.05) is 0 Å². The Morgan fingerprint density at radius 3 is 1.30 bits per heavy atom. The number of hydrogen-bond donors (Lipinski definition) is 8. The summed E-state index contributed by atoms with van der Waals surface area (Å²) >= 11 is 0. The second kappa shape index (κ2) is 45.0. The zero-order valence-corrected chi connectivity index (χ0v) is 42.7. The first kappa shape index (κ1) is 62.9. The average Bonchev–Trinajstić information content (AvgIpc) is 3.32. The smallest absolute Gasteiger partial charge is 0.249 e. The summed E-state index contributed by atoms with van der Waals surface area (Å²) in [5.74, 6) is -0.705. The van der Waals surface area contributed by atoms with Crippen molar-refractivity contribution in [2.75, 3.05) is 13.2 Å². The van der Waals surface area contributed by atoms with Crippen molar-refractivity contribution in [3.8, 4) is 0 Å². The maximum atomic E-state index is 13.1. The molecule has 9 unspecified atom stereocenters. The van der Waals surface area contributed by atoms with Crippen molar-refractivity contribution < 1.29 is 50.0 Å². The van der Waals surface area contributed by atoms with Crippen LogP contribution >= 0.6 is 0 Å². The lowest BCUT2D eigenvalue weighted by atomic mass is 9.98. The monoisotopic (exact) mass is 942 g/mol. The van der Waals surface area contributed by atoms with Crippen LogP contribution in [0.15, 0.2) is 12.2 Å². The van der Waals surface area contributed by atoms with Gasteiger partial charge in [0.15, 0.2) is 6.29 Å². The van der Waals surface area contributed by atoms with Gasteiger partial charge in [0.1, 0.15) is 36.6 Å². The molecule has 0 aromatic heterocycles. The highest BCUT2D eigenvalue weighted by Crippen LogP contribution is 2.23. The molecule has 0 bridgehead atoms. The Morgan fingerprint density at radius 1 is 0.515 bits per heavy atom. The molecule has 1 amide bonds. The highest BCUT2D eigenvalue weighted by atomic mass is 16.7. The van der Waals surface area contributed by atoms with Crippen LogP contribution in [0.3, 0.4) is 0 Å². The Balaban J connectivity index is 2.24. The molecule has 0 aliphatic carbocycles. The van der Waals surface area contributed by atoms with E-state index < -0.39 is 74.2 Å². The van der Waals surface area contributed by atoms with Crippen molar-refractivity contribution in [2.45, 2.75) is 319 Å². The van der Waals surface area contributed by atoms with Crippen LogP contribution in [0.5, 0.6) is 0 Å². The Bertz CT molecular complexity index is 1080. The van der Waals surface area contributed by atoms with E-state index in [0.29, 0.717) is 12.8 Å². The highest BCUT2D eigenvalue weighted by Gasteiger charge is 2.44. The van der Waals surface area contributed by atoms with Gasteiger partial charge in [0.25, 0.3) is 0 Å². The zero-order valence-electron chi connectivity index (χ0n) is 42.7. The lowest BCUT2D eigenvalue weighted by Crippen LogP contribution is -2.60. The minimum absolute atomic E-state index is 0.257. The first-order chi connectivity index (χ1) is 32.2. The minimum atomic E-state index is -1.66. The van der Waals surface area contributed by atoms with Crippen LogP contribution in [0.4, 0.5) is 0 Å². The van der Waals surface area contributed by atoms with E-state index in [2.05, 4.69) is 31.3 Å². The molecule has 1 heterocycles. The fourth-order valence-electron chi connectivity index (χ4n) is 9.21. The predicted octanol–water partition coefficient (Wildman–Crippen LogP) is 11.2. The number of aliphatic hydroxyl groups excluding tert-OH is 7. The van der Waals surface area contributed by atoms with Gasteiger partial charge in [-0.25, -0.2) is 0 Å². The molecule has 1 aliphatic rings. The first-order valence-corrected chi connectivity index (χ1v) is 28.1. The number of amides is 1. The van der Waals surface area contributed by atoms with E-state index in [1.54, 1.807) is 0 Å². The van der Waals surface area contributed by atoms with Crippen LogP contribution in [0.25, 0.3) is 0 Å². The summed E-state index contributed by atoms with van der Waals surface area (Å²) in [6, 6.07) is -1.18. The number of aliphatic hydroxyl groups is 7. The molecule has 9 atom stereocenters. The third-order valence-corrected chi connectivity index (χ3v) is 13.8. The normalized spacial score (nSPS) is 20.8. The lowest BCUT2D eigenvalue weighted by Gasteiger charge is -2.40. The summed E-state index contributed by atoms with van der Waals surface area (Å²) in [6.07, 6.45) is 40.2.